The van der Waals surface area contributed by atoms with Crippen molar-refractivity contribution < 1.29 is 9.15 Å². The summed E-state index contributed by atoms with van der Waals surface area (Å²) in [5.41, 5.74) is 0.224. The molecule has 0 bridgehead atoms. The van der Waals surface area contributed by atoms with Crippen LogP contribution in [-0.2, 0) is 11.3 Å². The third-order valence-corrected chi connectivity index (χ3v) is 6.40. The molecule has 0 unspecified atom stereocenters. The van der Waals surface area contributed by atoms with E-state index in [0.29, 0.717) is 13.2 Å². The van der Waals surface area contributed by atoms with E-state index in [2.05, 4.69) is 34.4 Å². The number of guanidine groups is 1. The van der Waals surface area contributed by atoms with Gasteiger partial charge in [0.05, 0.1) is 12.8 Å². The van der Waals surface area contributed by atoms with Gasteiger partial charge >= 0.3 is 0 Å². The Hall–Kier alpha value is -0.840. The van der Waals surface area contributed by atoms with Gasteiger partial charge in [0, 0.05) is 25.2 Å². The van der Waals surface area contributed by atoms with Gasteiger partial charge in [-0.3, -0.25) is 9.89 Å². The van der Waals surface area contributed by atoms with Crippen LogP contribution in [0.3, 0.4) is 0 Å². The number of nitrogens with zero attached hydrogens (tertiary/aromatic N) is 3. The van der Waals surface area contributed by atoms with Crippen LogP contribution in [0.4, 0.5) is 0 Å². The first-order valence-corrected chi connectivity index (χ1v) is 11.8. The Bertz CT molecular complexity index is 611. The number of piperidine rings is 2. The number of nitrogens with one attached hydrogen (secondary N) is 2. The summed E-state index contributed by atoms with van der Waals surface area (Å²) in [4.78, 5) is 10.3. The average molecular weight is 548 g/mol. The number of ether oxygens (including phenoxy) is 1. The van der Waals surface area contributed by atoms with Crippen LogP contribution in [-0.4, -0.2) is 80.8 Å². The van der Waals surface area contributed by atoms with Crippen molar-refractivity contribution in [3.63, 3.8) is 0 Å². The smallest absolute Gasteiger partial charge is 0.191 e. The van der Waals surface area contributed by atoms with Crippen molar-refractivity contribution >= 4 is 29.9 Å². The molecule has 0 amide bonds. The summed E-state index contributed by atoms with van der Waals surface area (Å²) in [5.74, 6) is 1.80. The third kappa shape index (κ3) is 8.55. The van der Waals surface area contributed by atoms with Gasteiger partial charge in [-0.15, -0.1) is 24.0 Å². The molecule has 0 atom stereocenters. The minimum Gasteiger partial charge on any atom is -0.467 e. The monoisotopic (exact) mass is 547 g/mol. The summed E-state index contributed by atoms with van der Waals surface area (Å²) >= 11 is 0. The van der Waals surface area contributed by atoms with E-state index in [4.69, 9.17) is 14.1 Å². The maximum atomic E-state index is 5.68. The van der Waals surface area contributed by atoms with E-state index in [9.17, 15) is 0 Å². The van der Waals surface area contributed by atoms with Crippen molar-refractivity contribution in [1.29, 1.82) is 0 Å². The van der Waals surface area contributed by atoms with Crippen LogP contribution in [0, 0.1) is 0 Å². The predicted molar refractivity (Wildman–Crippen MR) is 137 cm³/mol. The Kier molecular flexibility index (Phi) is 12.2. The molecule has 0 aromatic carbocycles. The highest BCUT2D eigenvalue weighted by Crippen LogP contribution is 2.31. The fourth-order valence-electron chi connectivity index (χ4n) is 4.49. The Morgan fingerprint density at radius 2 is 1.94 bits per heavy atom. The molecule has 1 aromatic heterocycles. The standard InChI is InChI=1S/C23H41N5O2.HI/c1-3-24-22(25-12-8-17-29-19-21-9-7-18-30-21)26-20-23(10-15-27(2)16-11-23)28-13-5-4-6-14-28;/h7,9,18H,3-6,8,10-17,19-20H2,1-2H3,(H2,24,25,26);1H. The van der Waals surface area contributed by atoms with E-state index in [0.717, 1.165) is 37.8 Å². The van der Waals surface area contributed by atoms with Gasteiger partial charge in [-0.25, -0.2) is 0 Å². The molecule has 2 N–H and O–H groups in total. The summed E-state index contributed by atoms with van der Waals surface area (Å²) in [6.45, 7) is 10.8. The van der Waals surface area contributed by atoms with Crippen molar-refractivity contribution in [2.75, 3.05) is 59.5 Å². The number of likely N-dealkylation sites (tertiary alicyclic amines) is 2. The molecule has 2 saturated heterocycles. The lowest BCUT2D eigenvalue weighted by atomic mass is 9.84. The largest absolute Gasteiger partial charge is 0.467 e. The molecule has 3 rings (SSSR count). The molecule has 2 aliphatic heterocycles. The van der Waals surface area contributed by atoms with Crippen molar-refractivity contribution in [1.82, 2.24) is 20.4 Å². The number of halogens is 1. The van der Waals surface area contributed by atoms with Crippen LogP contribution in [0.25, 0.3) is 0 Å². The molecular formula is C23H42IN5O2. The fourth-order valence-corrected chi connectivity index (χ4v) is 4.49. The van der Waals surface area contributed by atoms with Crippen LogP contribution in [0.2, 0.25) is 0 Å². The van der Waals surface area contributed by atoms with E-state index in [1.165, 1.54) is 58.3 Å². The zero-order valence-electron chi connectivity index (χ0n) is 19.4. The van der Waals surface area contributed by atoms with Crippen molar-refractivity contribution in [3.05, 3.63) is 24.2 Å². The third-order valence-electron chi connectivity index (χ3n) is 6.40. The molecule has 0 aliphatic carbocycles. The van der Waals surface area contributed by atoms with Gasteiger partial charge < -0.3 is 24.7 Å². The summed E-state index contributed by atoms with van der Waals surface area (Å²) < 4.78 is 11.0. The summed E-state index contributed by atoms with van der Waals surface area (Å²) in [7, 11) is 2.24. The predicted octanol–water partition coefficient (Wildman–Crippen LogP) is 3.31. The van der Waals surface area contributed by atoms with Gasteiger partial charge in [-0.1, -0.05) is 6.42 Å². The number of furan rings is 1. The zero-order valence-corrected chi connectivity index (χ0v) is 21.7. The van der Waals surface area contributed by atoms with Gasteiger partial charge in [-0.2, -0.15) is 0 Å². The van der Waals surface area contributed by atoms with Crippen molar-refractivity contribution in [3.8, 4) is 0 Å². The number of rotatable bonds is 10. The van der Waals surface area contributed by atoms with Crippen LogP contribution in [0.15, 0.2) is 27.8 Å². The molecular weight excluding hydrogens is 505 g/mol. The van der Waals surface area contributed by atoms with E-state index >= 15 is 0 Å². The van der Waals surface area contributed by atoms with Crippen LogP contribution in [0.1, 0.15) is 51.2 Å². The van der Waals surface area contributed by atoms with E-state index in [-0.39, 0.29) is 29.5 Å². The van der Waals surface area contributed by atoms with E-state index in [1.807, 2.05) is 12.1 Å². The first-order chi connectivity index (χ1) is 14.7. The highest BCUT2D eigenvalue weighted by molar-refractivity contribution is 14.0. The molecule has 1 aromatic rings. The van der Waals surface area contributed by atoms with Crippen molar-refractivity contribution in [2.45, 2.75) is 57.6 Å². The lowest BCUT2D eigenvalue weighted by Gasteiger charge is -2.49. The summed E-state index contributed by atoms with van der Waals surface area (Å²) in [6.07, 6.45) is 9.09. The maximum Gasteiger partial charge on any atom is 0.191 e. The molecule has 0 radical (unpaired) electrons. The molecule has 7 nitrogen and oxygen atoms in total. The minimum atomic E-state index is 0. The van der Waals surface area contributed by atoms with Gasteiger partial charge in [0.25, 0.3) is 0 Å². The SMILES string of the molecule is CCNC(=NCC1(N2CCCCC2)CCN(C)CC1)NCCCOCc1ccco1.I. The molecule has 178 valence electrons. The molecule has 3 heterocycles. The van der Waals surface area contributed by atoms with Gasteiger partial charge in [-0.05, 0) is 84.4 Å². The minimum absolute atomic E-state index is 0. The Morgan fingerprint density at radius 1 is 1.16 bits per heavy atom. The van der Waals surface area contributed by atoms with Crippen LogP contribution in [0.5, 0.6) is 0 Å². The second-order valence-corrected chi connectivity index (χ2v) is 8.68. The highest BCUT2D eigenvalue weighted by atomic mass is 127. The first-order valence-electron chi connectivity index (χ1n) is 11.8. The number of aliphatic imine (C=N–C) groups is 1. The Labute approximate surface area is 205 Å². The van der Waals surface area contributed by atoms with Gasteiger partial charge in [0.2, 0.25) is 0 Å². The molecule has 2 fully saturated rings. The Morgan fingerprint density at radius 3 is 2.61 bits per heavy atom. The second kappa shape index (κ2) is 14.3. The first kappa shape index (κ1) is 26.4. The number of hydrogen-bond acceptors (Lipinski definition) is 5. The average Bonchev–Trinajstić information content (AvgIpc) is 3.30. The second-order valence-electron chi connectivity index (χ2n) is 8.68. The summed E-state index contributed by atoms with van der Waals surface area (Å²) in [6, 6.07) is 3.83. The molecule has 0 saturated carbocycles. The normalized spacial score (nSPS) is 20.3. The Balaban J connectivity index is 0.00000341. The highest BCUT2D eigenvalue weighted by Gasteiger charge is 2.39. The van der Waals surface area contributed by atoms with E-state index in [1.54, 1.807) is 6.26 Å². The molecule has 8 heteroatoms. The molecule has 31 heavy (non-hydrogen) atoms. The lowest BCUT2D eigenvalue weighted by molar-refractivity contribution is 0.0208. The van der Waals surface area contributed by atoms with Crippen LogP contribution >= 0.6 is 24.0 Å². The molecule has 2 aliphatic rings. The summed E-state index contributed by atoms with van der Waals surface area (Å²) in [5, 5.41) is 6.91. The quantitative estimate of drug-likeness (QED) is 0.203. The van der Waals surface area contributed by atoms with Gasteiger partial charge in [0.15, 0.2) is 5.96 Å². The number of hydrogen-bond donors (Lipinski definition) is 2. The fraction of sp³-hybridized carbons (Fsp3) is 0.783. The van der Waals surface area contributed by atoms with E-state index < -0.39 is 0 Å². The van der Waals surface area contributed by atoms with Gasteiger partial charge in [0.1, 0.15) is 12.4 Å². The van der Waals surface area contributed by atoms with Crippen LogP contribution < -0.4 is 10.6 Å². The molecule has 0 spiro atoms. The lowest BCUT2D eigenvalue weighted by Crippen LogP contribution is -2.58. The van der Waals surface area contributed by atoms with Crippen molar-refractivity contribution in [2.24, 2.45) is 4.99 Å². The topological polar surface area (TPSA) is 65.3 Å². The maximum absolute atomic E-state index is 5.68. The zero-order chi connectivity index (χ0) is 21.1.